The third-order valence-electron chi connectivity index (χ3n) is 11.2. The van der Waals surface area contributed by atoms with Crippen LogP contribution in [0.25, 0.3) is 55.3 Å². The zero-order chi connectivity index (χ0) is 38.7. The number of para-hydroxylation sites is 2. The summed E-state index contributed by atoms with van der Waals surface area (Å²) in [4.78, 5) is 2.44. The maximum absolute atomic E-state index is 6.26. The van der Waals surface area contributed by atoms with E-state index < -0.39 is 0 Å². The van der Waals surface area contributed by atoms with E-state index in [0.717, 1.165) is 63.0 Å². The van der Waals surface area contributed by atoms with Gasteiger partial charge in [-0.1, -0.05) is 176 Å². The Hall–Kier alpha value is -7.42. The lowest BCUT2D eigenvalue weighted by molar-refractivity contribution is 0.669. The molecule has 58 heavy (non-hydrogen) atoms. The number of anilines is 3. The third kappa shape index (κ3) is 6.97. The smallest absolute Gasteiger partial charge is 0.135 e. The Bertz CT molecular complexity index is 3000. The van der Waals surface area contributed by atoms with Crippen molar-refractivity contribution in [1.29, 1.82) is 0 Å². The molecule has 0 radical (unpaired) electrons. The third-order valence-corrected chi connectivity index (χ3v) is 11.2. The van der Waals surface area contributed by atoms with Crippen LogP contribution in [-0.4, -0.2) is 0 Å². The molecular formula is C56H41NO. The van der Waals surface area contributed by atoms with Gasteiger partial charge in [0.1, 0.15) is 11.2 Å². The van der Waals surface area contributed by atoms with Crippen molar-refractivity contribution < 1.29 is 4.42 Å². The molecule has 9 aromatic carbocycles. The van der Waals surface area contributed by atoms with Crippen LogP contribution in [0.5, 0.6) is 0 Å². The number of nitrogens with zero attached hydrogens (tertiary/aromatic N) is 1. The first-order chi connectivity index (χ1) is 28.7. The Morgan fingerprint density at radius 3 is 1.71 bits per heavy atom. The van der Waals surface area contributed by atoms with Crippen LogP contribution in [-0.2, 0) is 12.8 Å². The summed E-state index contributed by atoms with van der Waals surface area (Å²) in [7, 11) is 0. The molecule has 1 aromatic heterocycles. The van der Waals surface area contributed by atoms with Crippen molar-refractivity contribution in [2.45, 2.75) is 12.8 Å². The van der Waals surface area contributed by atoms with E-state index >= 15 is 0 Å². The second-order valence-electron chi connectivity index (χ2n) is 14.9. The van der Waals surface area contributed by atoms with Gasteiger partial charge in [0.25, 0.3) is 0 Å². The summed E-state index contributed by atoms with van der Waals surface area (Å²) in [6.07, 6.45) is 1.67. The molecule has 276 valence electrons. The molecule has 0 fully saturated rings. The zero-order valence-corrected chi connectivity index (χ0v) is 32.1. The molecule has 0 bridgehead atoms. The number of benzene rings is 9. The van der Waals surface area contributed by atoms with Gasteiger partial charge < -0.3 is 9.32 Å². The van der Waals surface area contributed by atoms with Gasteiger partial charge in [0.2, 0.25) is 0 Å². The normalized spacial score (nSPS) is 11.2. The molecule has 0 N–H and O–H groups in total. The SMILES string of the molecule is c1ccc(Cc2ccccc2-c2ccc(N(c3cccc(-c4ccccc4)c3)c3ccccc3-c3ccc4oc5ccccc5c4c3)cc2Cc2ccccc2)cc1. The van der Waals surface area contributed by atoms with Crippen LogP contribution in [0.3, 0.4) is 0 Å². The van der Waals surface area contributed by atoms with Gasteiger partial charge >= 0.3 is 0 Å². The monoisotopic (exact) mass is 743 g/mol. The Morgan fingerprint density at radius 2 is 0.914 bits per heavy atom. The highest BCUT2D eigenvalue weighted by atomic mass is 16.3. The molecule has 0 aliphatic rings. The second-order valence-corrected chi connectivity index (χ2v) is 14.9. The van der Waals surface area contributed by atoms with Gasteiger partial charge in [0, 0.05) is 27.7 Å². The van der Waals surface area contributed by atoms with Crippen molar-refractivity contribution in [3.63, 3.8) is 0 Å². The first kappa shape index (κ1) is 35.0. The van der Waals surface area contributed by atoms with E-state index in [-0.39, 0.29) is 0 Å². The lowest BCUT2D eigenvalue weighted by Gasteiger charge is -2.29. The van der Waals surface area contributed by atoms with E-state index in [1.54, 1.807) is 0 Å². The molecule has 0 saturated carbocycles. The number of hydrogen-bond donors (Lipinski definition) is 0. The van der Waals surface area contributed by atoms with Crippen molar-refractivity contribution in [2.75, 3.05) is 4.90 Å². The Balaban J connectivity index is 1.17. The highest BCUT2D eigenvalue weighted by Gasteiger charge is 2.21. The van der Waals surface area contributed by atoms with Crippen LogP contribution in [0.2, 0.25) is 0 Å². The predicted molar refractivity (Wildman–Crippen MR) is 243 cm³/mol. The number of hydrogen-bond acceptors (Lipinski definition) is 2. The van der Waals surface area contributed by atoms with Crippen molar-refractivity contribution in [1.82, 2.24) is 0 Å². The summed E-state index contributed by atoms with van der Waals surface area (Å²) in [5, 5.41) is 2.24. The first-order valence-electron chi connectivity index (χ1n) is 20.0. The molecule has 0 unspecified atom stereocenters. The molecule has 10 aromatic rings. The number of fused-ring (bicyclic) bond motifs is 3. The molecule has 1 heterocycles. The largest absolute Gasteiger partial charge is 0.456 e. The Kier molecular flexibility index (Phi) is 9.43. The Morgan fingerprint density at radius 1 is 0.328 bits per heavy atom. The lowest BCUT2D eigenvalue weighted by Crippen LogP contribution is -2.12. The van der Waals surface area contributed by atoms with Gasteiger partial charge in [-0.2, -0.15) is 0 Å². The van der Waals surface area contributed by atoms with E-state index in [0.29, 0.717) is 0 Å². The molecule has 0 aliphatic heterocycles. The number of rotatable bonds is 10. The maximum Gasteiger partial charge on any atom is 0.135 e. The van der Waals surface area contributed by atoms with Crippen molar-refractivity contribution >= 4 is 39.0 Å². The zero-order valence-electron chi connectivity index (χ0n) is 32.1. The van der Waals surface area contributed by atoms with Crippen LogP contribution < -0.4 is 4.90 Å². The van der Waals surface area contributed by atoms with Crippen molar-refractivity contribution in [3.8, 4) is 33.4 Å². The average Bonchev–Trinajstić information content (AvgIpc) is 3.66. The molecule has 0 aliphatic carbocycles. The van der Waals surface area contributed by atoms with Crippen LogP contribution in [0, 0.1) is 0 Å². The van der Waals surface area contributed by atoms with Gasteiger partial charge in [0.05, 0.1) is 5.69 Å². The van der Waals surface area contributed by atoms with Gasteiger partial charge in [-0.3, -0.25) is 0 Å². The van der Waals surface area contributed by atoms with Crippen molar-refractivity contribution in [3.05, 3.63) is 247 Å². The minimum atomic E-state index is 0.799. The molecule has 10 rings (SSSR count). The average molecular weight is 744 g/mol. The fourth-order valence-corrected chi connectivity index (χ4v) is 8.39. The molecular weight excluding hydrogens is 703 g/mol. The highest BCUT2D eigenvalue weighted by Crippen LogP contribution is 2.44. The summed E-state index contributed by atoms with van der Waals surface area (Å²) >= 11 is 0. The fourth-order valence-electron chi connectivity index (χ4n) is 8.39. The minimum absolute atomic E-state index is 0.799. The van der Waals surface area contributed by atoms with E-state index in [4.69, 9.17) is 4.42 Å². The predicted octanol–water partition coefficient (Wildman–Crippen LogP) is 15.2. The summed E-state index contributed by atoms with van der Waals surface area (Å²) < 4.78 is 6.26. The summed E-state index contributed by atoms with van der Waals surface area (Å²) in [5.41, 5.74) is 17.4. The van der Waals surface area contributed by atoms with E-state index in [1.165, 1.54) is 44.5 Å². The standard InChI is InChI=1S/C56H41NO/c1-4-17-40(18-5-1)35-44-23-10-11-26-49(44)50-33-32-48(38-46(50)36-41-19-6-2-7-20-41)57(47-25-16-24-43(37-47)42-21-8-3-9-22-42)54-29-14-12-27-51(54)45-31-34-56-53(39-45)52-28-13-15-30-55(52)58-56/h1-34,37-39H,35-36H2. The van der Waals surface area contributed by atoms with Crippen molar-refractivity contribution in [2.24, 2.45) is 0 Å². The summed E-state index contributed by atoms with van der Waals surface area (Å²) in [5.74, 6) is 0. The second kappa shape index (κ2) is 15.6. The maximum atomic E-state index is 6.26. The number of furan rings is 1. The van der Waals surface area contributed by atoms with Crippen LogP contribution >= 0.6 is 0 Å². The minimum Gasteiger partial charge on any atom is -0.456 e. The lowest BCUT2D eigenvalue weighted by atomic mass is 9.89. The summed E-state index contributed by atoms with van der Waals surface area (Å²) in [6.45, 7) is 0. The van der Waals surface area contributed by atoms with Gasteiger partial charge in [-0.25, -0.2) is 0 Å². The van der Waals surface area contributed by atoms with E-state index in [2.05, 4.69) is 217 Å². The highest BCUT2D eigenvalue weighted by molar-refractivity contribution is 6.07. The van der Waals surface area contributed by atoms with E-state index in [1.807, 2.05) is 12.1 Å². The molecule has 2 heteroatoms. The van der Waals surface area contributed by atoms with Gasteiger partial charge in [-0.05, 0) is 111 Å². The first-order valence-corrected chi connectivity index (χ1v) is 20.0. The molecule has 2 nitrogen and oxygen atoms in total. The van der Waals surface area contributed by atoms with Crippen LogP contribution in [0.15, 0.2) is 229 Å². The topological polar surface area (TPSA) is 16.4 Å². The van der Waals surface area contributed by atoms with Crippen LogP contribution in [0.1, 0.15) is 22.3 Å². The molecule has 0 amide bonds. The van der Waals surface area contributed by atoms with Gasteiger partial charge in [-0.15, -0.1) is 0 Å². The molecule has 0 saturated heterocycles. The quantitative estimate of drug-likeness (QED) is 0.139. The Labute approximate surface area is 339 Å². The van der Waals surface area contributed by atoms with E-state index in [9.17, 15) is 0 Å². The van der Waals surface area contributed by atoms with Gasteiger partial charge in [0.15, 0.2) is 0 Å². The molecule has 0 atom stereocenters. The fraction of sp³-hybridized carbons (Fsp3) is 0.0357. The summed E-state index contributed by atoms with van der Waals surface area (Å²) in [6, 6.07) is 80.8. The van der Waals surface area contributed by atoms with Crippen LogP contribution in [0.4, 0.5) is 17.1 Å². The molecule has 0 spiro atoms.